The topological polar surface area (TPSA) is 113 Å². The van der Waals surface area contributed by atoms with Gasteiger partial charge in [0, 0.05) is 11.4 Å². The van der Waals surface area contributed by atoms with E-state index in [-0.39, 0.29) is 16.8 Å². The molecule has 21 heavy (non-hydrogen) atoms. The van der Waals surface area contributed by atoms with Gasteiger partial charge in [-0.25, -0.2) is 13.1 Å². The van der Waals surface area contributed by atoms with E-state index < -0.39 is 21.9 Å². The van der Waals surface area contributed by atoms with Gasteiger partial charge in [0.25, 0.3) is 5.91 Å². The Morgan fingerprint density at radius 2 is 2.10 bits per heavy atom. The van der Waals surface area contributed by atoms with Crippen LogP contribution in [0.4, 0.5) is 0 Å². The van der Waals surface area contributed by atoms with E-state index in [2.05, 4.69) is 10.0 Å². The molecule has 0 radical (unpaired) electrons. The molecule has 7 nitrogen and oxygen atoms in total. The Hall–Kier alpha value is -1.45. The Kier molecular flexibility index (Phi) is 4.64. The van der Waals surface area contributed by atoms with Crippen LogP contribution in [0.2, 0.25) is 0 Å². The third-order valence-electron chi connectivity index (χ3n) is 3.50. The molecule has 1 aromatic rings. The number of carboxylic acid groups (broad SMARTS) is 1. The highest BCUT2D eigenvalue weighted by Gasteiger charge is 2.31. The summed E-state index contributed by atoms with van der Waals surface area (Å²) in [6.07, 6.45) is 1.58. The summed E-state index contributed by atoms with van der Waals surface area (Å²) in [5, 5.41) is 13.1. The second-order valence-electron chi connectivity index (χ2n) is 4.87. The van der Waals surface area contributed by atoms with Crippen LogP contribution in [0.15, 0.2) is 16.3 Å². The van der Waals surface area contributed by atoms with E-state index in [4.69, 9.17) is 5.11 Å². The number of nitrogens with one attached hydrogen (secondary N) is 2. The van der Waals surface area contributed by atoms with E-state index in [9.17, 15) is 18.0 Å². The van der Waals surface area contributed by atoms with Gasteiger partial charge in [-0.1, -0.05) is 0 Å². The lowest BCUT2D eigenvalue weighted by molar-refractivity contribution is -0.141. The maximum absolute atomic E-state index is 12.0. The number of hydrogen-bond acceptors (Lipinski definition) is 5. The number of sulfonamides is 1. The maximum atomic E-state index is 12.0. The second-order valence-corrected chi connectivity index (χ2v) is 7.67. The quantitative estimate of drug-likeness (QED) is 0.732. The number of thiophene rings is 1. The molecule has 3 N–H and O–H groups in total. The normalized spacial score (nSPS) is 22.1. The van der Waals surface area contributed by atoms with Gasteiger partial charge in [-0.2, -0.15) is 0 Å². The molecule has 1 fully saturated rings. The van der Waals surface area contributed by atoms with E-state index in [1.54, 1.807) is 0 Å². The maximum Gasteiger partial charge on any atom is 0.306 e. The monoisotopic (exact) mass is 332 g/mol. The molecule has 2 rings (SSSR count). The Morgan fingerprint density at radius 1 is 1.38 bits per heavy atom. The molecule has 1 aliphatic rings. The van der Waals surface area contributed by atoms with E-state index in [0.717, 1.165) is 11.3 Å². The van der Waals surface area contributed by atoms with Crippen molar-refractivity contribution < 1.29 is 23.1 Å². The van der Waals surface area contributed by atoms with E-state index in [1.807, 2.05) is 0 Å². The van der Waals surface area contributed by atoms with Gasteiger partial charge in [0.2, 0.25) is 10.0 Å². The molecular weight excluding hydrogens is 316 g/mol. The molecule has 2 atom stereocenters. The summed E-state index contributed by atoms with van der Waals surface area (Å²) in [7, 11) is -2.25. The predicted octanol–water partition coefficient (Wildman–Crippen LogP) is 0.639. The van der Waals surface area contributed by atoms with Crippen molar-refractivity contribution in [3.8, 4) is 0 Å². The minimum absolute atomic E-state index is 0.0509. The van der Waals surface area contributed by atoms with Crippen LogP contribution in [0.5, 0.6) is 0 Å². The van der Waals surface area contributed by atoms with Crippen LogP contribution in [0, 0.1) is 5.92 Å². The Labute approximate surface area is 126 Å². The minimum Gasteiger partial charge on any atom is -0.481 e. The van der Waals surface area contributed by atoms with Gasteiger partial charge >= 0.3 is 5.97 Å². The molecule has 1 aromatic heterocycles. The smallest absolute Gasteiger partial charge is 0.306 e. The molecule has 116 valence electrons. The van der Waals surface area contributed by atoms with Crippen LogP contribution in [-0.2, 0) is 14.8 Å². The Balaban J connectivity index is 2.01. The van der Waals surface area contributed by atoms with Gasteiger partial charge in [0.15, 0.2) is 0 Å². The summed E-state index contributed by atoms with van der Waals surface area (Å²) in [5.41, 5.74) is 0. The Morgan fingerprint density at radius 3 is 2.67 bits per heavy atom. The zero-order chi connectivity index (χ0) is 15.6. The average molecular weight is 332 g/mol. The summed E-state index contributed by atoms with van der Waals surface area (Å²) in [6, 6.07) is 1.14. The summed E-state index contributed by atoms with van der Waals surface area (Å²) in [4.78, 5) is 23.3. The van der Waals surface area contributed by atoms with E-state index in [1.165, 1.54) is 18.5 Å². The van der Waals surface area contributed by atoms with Crippen molar-refractivity contribution in [2.45, 2.75) is 30.2 Å². The van der Waals surface area contributed by atoms with Gasteiger partial charge in [0.05, 0.1) is 15.7 Å². The molecule has 9 heteroatoms. The SMILES string of the molecule is CNS(=O)(=O)c1csc(C(=O)N[C@@H]2CC[C@H](C(=O)O)C2)c1. The fraction of sp³-hybridized carbons (Fsp3) is 0.500. The van der Waals surface area contributed by atoms with Gasteiger partial charge in [-0.15, -0.1) is 11.3 Å². The first-order valence-electron chi connectivity index (χ1n) is 6.39. The average Bonchev–Trinajstić information content (AvgIpc) is 3.07. The molecule has 1 amide bonds. The molecule has 0 spiro atoms. The summed E-state index contributed by atoms with van der Waals surface area (Å²) in [6.45, 7) is 0. The molecule has 0 aromatic carbocycles. The molecule has 0 bridgehead atoms. The van der Waals surface area contributed by atoms with Gasteiger partial charge < -0.3 is 10.4 Å². The number of carbonyl (C=O) groups excluding carboxylic acids is 1. The van der Waals surface area contributed by atoms with Crippen LogP contribution in [0.1, 0.15) is 28.9 Å². The summed E-state index contributed by atoms with van der Waals surface area (Å²) >= 11 is 1.04. The molecule has 0 unspecified atom stereocenters. The zero-order valence-electron chi connectivity index (χ0n) is 11.3. The van der Waals surface area contributed by atoms with E-state index in [0.29, 0.717) is 24.1 Å². The van der Waals surface area contributed by atoms with Crippen LogP contribution in [-0.4, -0.2) is 38.5 Å². The minimum atomic E-state index is -3.56. The fourth-order valence-electron chi connectivity index (χ4n) is 2.29. The molecule has 1 aliphatic carbocycles. The van der Waals surface area contributed by atoms with Crippen molar-refractivity contribution >= 4 is 33.2 Å². The van der Waals surface area contributed by atoms with Crippen molar-refractivity contribution in [2.75, 3.05) is 7.05 Å². The third kappa shape index (κ3) is 3.60. The first-order valence-corrected chi connectivity index (χ1v) is 8.75. The Bertz CT molecular complexity index is 652. The number of carbonyl (C=O) groups is 2. The van der Waals surface area contributed by atoms with Crippen molar-refractivity contribution in [3.63, 3.8) is 0 Å². The lowest BCUT2D eigenvalue weighted by Crippen LogP contribution is -2.32. The lowest BCUT2D eigenvalue weighted by atomic mass is 10.1. The van der Waals surface area contributed by atoms with Crippen molar-refractivity contribution in [1.29, 1.82) is 0 Å². The molecule has 1 saturated carbocycles. The van der Waals surface area contributed by atoms with Gasteiger partial charge in [-0.05, 0) is 32.4 Å². The molecule has 1 heterocycles. The number of amides is 1. The highest BCUT2D eigenvalue weighted by atomic mass is 32.2. The largest absolute Gasteiger partial charge is 0.481 e. The van der Waals surface area contributed by atoms with Crippen molar-refractivity contribution in [2.24, 2.45) is 5.92 Å². The van der Waals surface area contributed by atoms with Gasteiger partial charge in [0.1, 0.15) is 0 Å². The van der Waals surface area contributed by atoms with Crippen LogP contribution in [0.25, 0.3) is 0 Å². The number of carboxylic acids is 1. The first-order chi connectivity index (χ1) is 9.83. The third-order valence-corrected chi connectivity index (χ3v) is 5.97. The number of rotatable bonds is 5. The molecule has 0 aliphatic heterocycles. The standard InChI is InChI=1S/C12H16N2O5S2/c1-13-21(18,19)9-5-10(20-6-9)11(15)14-8-3-2-7(4-8)12(16)17/h5-8,13H,2-4H2,1H3,(H,14,15)(H,16,17)/t7-,8+/m0/s1. The first kappa shape index (κ1) is 15.9. The van der Waals surface area contributed by atoms with E-state index >= 15 is 0 Å². The van der Waals surface area contributed by atoms with Crippen molar-refractivity contribution in [3.05, 3.63) is 16.3 Å². The van der Waals surface area contributed by atoms with Gasteiger partial charge in [-0.3, -0.25) is 9.59 Å². The van der Waals surface area contributed by atoms with Crippen molar-refractivity contribution in [1.82, 2.24) is 10.0 Å². The zero-order valence-corrected chi connectivity index (χ0v) is 13.0. The summed E-state index contributed by atoms with van der Waals surface area (Å²) in [5.74, 6) is -1.63. The number of aliphatic carboxylic acids is 1. The fourth-order valence-corrected chi connectivity index (χ4v) is 4.20. The molecule has 0 saturated heterocycles. The highest BCUT2D eigenvalue weighted by Crippen LogP contribution is 2.26. The van der Waals surface area contributed by atoms with Crippen LogP contribution in [0.3, 0.4) is 0 Å². The second kappa shape index (κ2) is 6.12. The van der Waals surface area contributed by atoms with Crippen LogP contribution < -0.4 is 10.0 Å². The predicted molar refractivity (Wildman–Crippen MR) is 76.8 cm³/mol. The highest BCUT2D eigenvalue weighted by molar-refractivity contribution is 7.89. The van der Waals surface area contributed by atoms with Crippen LogP contribution >= 0.6 is 11.3 Å². The summed E-state index contributed by atoms with van der Waals surface area (Å²) < 4.78 is 25.4. The molecular formula is C12H16N2O5S2. The lowest BCUT2D eigenvalue weighted by Gasteiger charge is -2.11. The number of hydrogen-bond donors (Lipinski definition) is 3.